The second-order valence-electron chi connectivity index (χ2n) is 4.75. The minimum absolute atomic E-state index is 0.138. The van der Waals surface area contributed by atoms with E-state index >= 15 is 0 Å². The molecule has 0 spiro atoms. The van der Waals surface area contributed by atoms with Gasteiger partial charge >= 0.3 is 0 Å². The van der Waals surface area contributed by atoms with Crippen LogP contribution in [0.1, 0.15) is 38.3 Å². The SMILES string of the molecule is CC(C)CC1C[C@H](N)c2ccccc2O1. The number of nitrogens with two attached hydrogens (primary N) is 1. The highest BCUT2D eigenvalue weighted by atomic mass is 16.5. The molecular weight excluding hydrogens is 186 g/mol. The van der Waals surface area contributed by atoms with E-state index in [9.17, 15) is 0 Å². The maximum Gasteiger partial charge on any atom is 0.124 e. The van der Waals surface area contributed by atoms with Gasteiger partial charge in [0, 0.05) is 18.0 Å². The van der Waals surface area contributed by atoms with Gasteiger partial charge in [-0.25, -0.2) is 0 Å². The molecule has 0 bridgehead atoms. The second-order valence-corrected chi connectivity index (χ2v) is 4.75. The van der Waals surface area contributed by atoms with Gasteiger partial charge in [0.05, 0.1) is 0 Å². The Morgan fingerprint density at radius 3 is 2.87 bits per heavy atom. The first-order valence-electron chi connectivity index (χ1n) is 5.68. The Labute approximate surface area is 91.4 Å². The fraction of sp³-hybridized carbons (Fsp3) is 0.538. The molecule has 1 unspecified atom stereocenters. The normalized spacial score (nSPS) is 24.8. The van der Waals surface area contributed by atoms with E-state index in [1.54, 1.807) is 0 Å². The average molecular weight is 205 g/mol. The highest BCUT2D eigenvalue weighted by Gasteiger charge is 2.25. The molecule has 1 aliphatic heterocycles. The van der Waals surface area contributed by atoms with Gasteiger partial charge in [-0.15, -0.1) is 0 Å². The number of fused-ring (bicyclic) bond motifs is 1. The highest BCUT2D eigenvalue weighted by Crippen LogP contribution is 2.34. The lowest BCUT2D eigenvalue weighted by Gasteiger charge is -2.31. The fourth-order valence-corrected chi connectivity index (χ4v) is 2.20. The predicted octanol–water partition coefficient (Wildman–Crippen LogP) is 2.88. The van der Waals surface area contributed by atoms with Crippen LogP contribution in [0.5, 0.6) is 5.75 Å². The van der Waals surface area contributed by atoms with Crippen LogP contribution in [0.4, 0.5) is 0 Å². The van der Waals surface area contributed by atoms with Crippen molar-refractivity contribution in [3.8, 4) is 5.75 Å². The molecule has 2 atom stereocenters. The number of ether oxygens (including phenoxy) is 1. The standard InChI is InChI=1S/C13H19NO/c1-9(2)7-10-8-12(14)11-5-3-4-6-13(11)15-10/h3-6,9-10,12H,7-8,14H2,1-2H3/t10?,12-/m0/s1. The largest absolute Gasteiger partial charge is 0.490 e. The van der Waals surface area contributed by atoms with E-state index < -0.39 is 0 Å². The Hall–Kier alpha value is -1.02. The third-order valence-corrected chi connectivity index (χ3v) is 2.86. The van der Waals surface area contributed by atoms with Gasteiger partial charge in [0.25, 0.3) is 0 Å². The summed E-state index contributed by atoms with van der Waals surface area (Å²) in [6.45, 7) is 4.44. The van der Waals surface area contributed by atoms with Gasteiger partial charge in [-0.1, -0.05) is 32.0 Å². The van der Waals surface area contributed by atoms with Crippen molar-refractivity contribution in [3.63, 3.8) is 0 Å². The smallest absolute Gasteiger partial charge is 0.124 e. The van der Waals surface area contributed by atoms with Gasteiger partial charge in [-0.2, -0.15) is 0 Å². The molecule has 0 aliphatic carbocycles. The molecule has 0 saturated heterocycles. The average Bonchev–Trinajstić information content (AvgIpc) is 2.16. The molecule has 15 heavy (non-hydrogen) atoms. The molecule has 2 heteroatoms. The lowest BCUT2D eigenvalue weighted by atomic mass is 9.93. The molecule has 82 valence electrons. The maximum absolute atomic E-state index is 6.13. The van der Waals surface area contributed by atoms with Gasteiger partial charge in [0.1, 0.15) is 11.9 Å². The minimum Gasteiger partial charge on any atom is -0.490 e. The summed E-state index contributed by atoms with van der Waals surface area (Å²) >= 11 is 0. The fourth-order valence-electron chi connectivity index (χ4n) is 2.20. The van der Waals surface area contributed by atoms with Crippen LogP contribution in [0.2, 0.25) is 0 Å². The number of para-hydroxylation sites is 1. The van der Waals surface area contributed by atoms with Crippen molar-refractivity contribution in [3.05, 3.63) is 29.8 Å². The quantitative estimate of drug-likeness (QED) is 0.805. The summed E-state index contributed by atoms with van der Waals surface area (Å²) in [5.74, 6) is 1.63. The van der Waals surface area contributed by atoms with Gasteiger partial charge in [-0.3, -0.25) is 0 Å². The number of hydrogen-bond acceptors (Lipinski definition) is 2. The molecule has 2 N–H and O–H groups in total. The van der Waals surface area contributed by atoms with Gasteiger partial charge in [-0.05, 0) is 18.4 Å². The van der Waals surface area contributed by atoms with Gasteiger partial charge in [0.2, 0.25) is 0 Å². The summed E-state index contributed by atoms with van der Waals surface area (Å²) in [7, 11) is 0. The first kappa shape index (κ1) is 10.5. The summed E-state index contributed by atoms with van der Waals surface area (Å²) in [6.07, 6.45) is 2.31. The summed E-state index contributed by atoms with van der Waals surface area (Å²) in [5, 5.41) is 0. The maximum atomic E-state index is 6.13. The van der Waals surface area contributed by atoms with Crippen molar-refractivity contribution in [2.45, 2.75) is 38.8 Å². The zero-order valence-corrected chi connectivity index (χ0v) is 9.44. The molecule has 0 amide bonds. The topological polar surface area (TPSA) is 35.2 Å². The van der Waals surface area contributed by atoms with E-state index in [1.807, 2.05) is 18.2 Å². The summed E-state index contributed by atoms with van der Waals surface area (Å²) in [4.78, 5) is 0. The van der Waals surface area contributed by atoms with Crippen LogP contribution in [0.3, 0.4) is 0 Å². The Morgan fingerprint density at radius 2 is 2.13 bits per heavy atom. The van der Waals surface area contributed by atoms with Gasteiger partial charge < -0.3 is 10.5 Å². The minimum atomic E-state index is 0.138. The molecule has 2 nitrogen and oxygen atoms in total. The van der Waals surface area contributed by atoms with Gasteiger partial charge in [0.15, 0.2) is 0 Å². The zero-order chi connectivity index (χ0) is 10.8. The number of benzene rings is 1. The second kappa shape index (κ2) is 4.23. The molecule has 1 aromatic rings. The van der Waals surface area contributed by atoms with Crippen molar-refractivity contribution in [1.82, 2.24) is 0 Å². The van der Waals surface area contributed by atoms with Crippen molar-refractivity contribution in [2.75, 3.05) is 0 Å². The van der Waals surface area contributed by atoms with Crippen LogP contribution in [0, 0.1) is 5.92 Å². The van der Waals surface area contributed by atoms with Crippen molar-refractivity contribution in [1.29, 1.82) is 0 Å². The Balaban J connectivity index is 2.15. The lowest BCUT2D eigenvalue weighted by Crippen LogP contribution is -2.30. The third kappa shape index (κ3) is 2.32. The molecular formula is C13H19NO. The van der Waals surface area contributed by atoms with Crippen molar-refractivity contribution < 1.29 is 4.74 Å². The van der Waals surface area contributed by atoms with E-state index in [0.29, 0.717) is 5.92 Å². The van der Waals surface area contributed by atoms with Crippen LogP contribution in [0.15, 0.2) is 24.3 Å². The Bertz CT molecular complexity index is 335. The van der Waals surface area contributed by atoms with E-state index in [1.165, 1.54) is 0 Å². The molecule has 0 fully saturated rings. The molecule has 0 radical (unpaired) electrons. The van der Waals surface area contributed by atoms with Crippen LogP contribution in [-0.4, -0.2) is 6.10 Å². The monoisotopic (exact) mass is 205 g/mol. The van der Waals surface area contributed by atoms with Crippen molar-refractivity contribution in [2.24, 2.45) is 11.7 Å². The highest BCUT2D eigenvalue weighted by molar-refractivity contribution is 5.37. The number of rotatable bonds is 2. The van der Waals surface area contributed by atoms with Crippen LogP contribution >= 0.6 is 0 Å². The predicted molar refractivity (Wildman–Crippen MR) is 61.9 cm³/mol. The van der Waals surface area contributed by atoms with Crippen LogP contribution < -0.4 is 10.5 Å². The van der Waals surface area contributed by atoms with Crippen molar-refractivity contribution >= 4 is 0 Å². The van der Waals surface area contributed by atoms with E-state index in [2.05, 4.69) is 19.9 Å². The Morgan fingerprint density at radius 1 is 1.40 bits per heavy atom. The zero-order valence-electron chi connectivity index (χ0n) is 9.44. The number of hydrogen-bond donors (Lipinski definition) is 1. The first-order valence-corrected chi connectivity index (χ1v) is 5.68. The first-order chi connectivity index (χ1) is 7.16. The molecule has 0 saturated carbocycles. The molecule has 1 heterocycles. The summed E-state index contributed by atoms with van der Waals surface area (Å²) in [6, 6.07) is 8.24. The van der Waals surface area contributed by atoms with E-state index in [-0.39, 0.29) is 12.1 Å². The summed E-state index contributed by atoms with van der Waals surface area (Å²) < 4.78 is 5.93. The molecule has 1 aromatic carbocycles. The Kier molecular flexibility index (Phi) is 2.96. The van der Waals surface area contributed by atoms with Crippen LogP contribution in [0.25, 0.3) is 0 Å². The lowest BCUT2D eigenvalue weighted by molar-refractivity contribution is 0.136. The summed E-state index contributed by atoms with van der Waals surface area (Å²) in [5.41, 5.74) is 7.28. The van der Waals surface area contributed by atoms with E-state index in [4.69, 9.17) is 10.5 Å². The molecule has 2 rings (SSSR count). The van der Waals surface area contributed by atoms with Crippen LogP contribution in [-0.2, 0) is 0 Å². The van der Waals surface area contributed by atoms with E-state index in [0.717, 1.165) is 24.2 Å². The molecule has 1 aliphatic rings. The third-order valence-electron chi connectivity index (χ3n) is 2.86. The molecule has 0 aromatic heterocycles.